The summed E-state index contributed by atoms with van der Waals surface area (Å²) >= 11 is 0. The summed E-state index contributed by atoms with van der Waals surface area (Å²) in [4.78, 5) is 11.5. The monoisotopic (exact) mass is 220 g/mol. The first-order valence-electron chi connectivity index (χ1n) is 5.73. The number of benzene rings is 1. The summed E-state index contributed by atoms with van der Waals surface area (Å²) in [6, 6.07) is 7.18. The molecule has 0 saturated heterocycles. The zero-order valence-electron chi connectivity index (χ0n) is 9.44. The maximum absolute atomic E-state index is 11.5. The van der Waals surface area contributed by atoms with Gasteiger partial charge in [-0.15, -0.1) is 0 Å². The van der Waals surface area contributed by atoms with E-state index in [0.29, 0.717) is 18.3 Å². The first-order valence-corrected chi connectivity index (χ1v) is 5.73. The highest BCUT2D eigenvalue weighted by atomic mass is 16.5. The summed E-state index contributed by atoms with van der Waals surface area (Å²) in [5.41, 5.74) is 0.554. The quantitative estimate of drug-likeness (QED) is 0.732. The lowest BCUT2D eigenvalue weighted by atomic mass is 9.96. The van der Waals surface area contributed by atoms with Crippen LogP contribution in [0.4, 0.5) is 0 Å². The fourth-order valence-electron chi connectivity index (χ4n) is 1.59. The van der Waals surface area contributed by atoms with Crippen molar-refractivity contribution in [2.45, 2.75) is 32.3 Å². The number of hydrogen-bond donors (Lipinski definition) is 0. The van der Waals surface area contributed by atoms with E-state index in [1.54, 1.807) is 19.1 Å². The fourth-order valence-corrected chi connectivity index (χ4v) is 1.59. The molecule has 0 aromatic heterocycles. The standard InChI is InChI=1S/C13H16O3/c1-2-15-13(14)10-5-3-8-12(9-10)16-11-6-4-7-11/h3,5,8-9,11H,2,4,6-7H2,1H3. The third-order valence-electron chi connectivity index (χ3n) is 2.70. The second kappa shape index (κ2) is 5.01. The maximum Gasteiger partial charge on any atom is 0.338 e. The Kier molecular flexibility index (Phi) is 3.44. The molecule has 0 spiro atoms. The molecule has 0 atom stereocenters. The Labute approximate surface area is 95.4 Å². The van der Waals surface area contributed by atoms with Gasteiger partial charge < -0.3 is 9.47 Å². The number of esters is 1. The molecule has 1 aromatic carbocycles. The molecule has 1 saturated carbocycles. The highest BCUT2D eigenvalue weighted by Gasteiger charge is 2.19. The Hall–Kier alpha value is -1.51. The third kappa shape index (κ3) is 2.54. The van der Waals surface area contributed by atoms with Gasteiger partial charge in [0.25, 0.3) is 0 Å². The number of rotatable bonds is 4. The molecule has 1 aliphatic rings. The van der Waals surface area contributed by atoms with Crippen LogP contribution in [-0.2, 0) is 4.74 Å². The van der Waals surface area contributed by atoms with Crippen LogP contribution < -0.4 is 4.74 Å². The predicted octanol–water partition coefficient (Wildman–Crippen LogP) is 2.79. The number of ether oxygens (including phenoxy) is 2. The SMILES string of the molecule is CCOC(=O)c1cccc(OC2CCC2)c1. The van der Waals surface area contributed by atoms with Gasteiger partial charge in [-0.05, 0) is 44.4 Å². The van der Waals surface area contributed by atoms with E-state index in [1.165, 1.54) is 6.42 Å². The van der Waals surface area contributed by atoms with Crippen molar-refractivity contribution in [2.24, 2.45) is 0 Å². The van der Waals surface area contributed by atoms with Crippen molar-refractivity contribution in [1.82, 2.24) is 0 Å². The van der Waals surface area contributed by atoms with Gasteiger partial charge in [-0.1, -0.05) is 6.07 Å². The highest BCUT2D eigenvalue weighted by Crippen LogP contribution is 2.25. The molecule has 0 heterocycles. The van der Waals surface area contributed by atoms with Crippen molar-refractivity contribution in [3.63, 3.8) is 0 Å². The van der Waals surface area contributed by atoms with Gasteiger partial charge in [0, 0.05) is 0 Å². The fraction of sp³-hybridized carbons (Fsp3) is 0.462. The Morgan fingerprint density at radius 3 is 2.88 bits per heavy atom. The van der Waals surface area contributed by atoms with E-state index in [0.717, 1.165) is 18.6 Å². The summed E-state index contributed by atoms with van der Waals surface area (Å²) in [7, 11) is 0. The number of carbonyl (C=O) groups excluding carboxylic acids is 1. The highest BCUT2D eigenvalue weighted by molar-refractivity contribution is 5.89. The Morgan fingerprint density at radius 1 is 1.44 bits per heavy atom. The van der Waals surface area contributed by atoms with Gasteiger partial charge in [-0.25, -0.2) is 4.79 Å². The Bertz CT molecular complexity index is 369. The van der Waals surface area contributed by atoms with Crippen molar-refractivity contribution in [2.75, 3.05) is 6.61 Å². The molecule has 3 heteroatoms. The zero-order chi connectivity index (χ0) is 11.4. The van der Waals surface area contributed by atoms with Gasteiger partial charge in [-0.2, -0.15) is 0 Å². The molecule has 16 heavy (non-hydrogen) atoms. The van der Waals surface area contributed by atoms with E-state index < -0.39 is 0 Å². The summed E-state index contributed by atoms with van der Waals surface area (Å²) in [5.74, 6) is 0.469. The normalized spacial score (nSPS) is 15.3. The average Bonchev–Trinajstić information content (AvgIpc) is 2.24. The molecular formula is C13H16O3. The molecule has 1 aromatic rings. The molecule has 86 valence electrons. The molecule has 0 bridgehead atoms. The smallest absolute Gasteiger partial charge is 0.338 e. The first kappa shape index (κ1) is 11.0. The lowest BCUT2D eigenvalue weighted by Crippen LogP contribution is -2.24. The molecular weight excluding hydrogens is 204 g/mol. The number of carbonyl (C=O) groups is 1. The van der Waals surface area contributed by atoms with Crippen LogP contribution in [-0.4, -0.2) is 18.7 Å². The van der Waals surface area contributed by atoms with Crippen LogP contribution in [0.15, 0.2) is 24.3 Å². The second-order valence-electron chi connectivity index (χ2n) is 3.92. The minimum Gasteiger partial charge on any atom is -0.490 e. The summed E-state index contributed by atoms with van der Waals surface area (Å²) in [6.45, 7) is 2.19. The predicted molar refractivity (Wildman–Crippen MR) is 60.7 cm³/mol. The maximum atomic E-state index is 11.5. The van der Waals surface area contributed by atoms with E-state index in [2.05, 4.69) is 0 Å². The molecule has 1 fully saturated rings. The van der Waals surface area contributed by atoms with Crippen molar-refractivity contribution in [3.05, 3.63) is 29.8 Å². The molecule has 0 unspecified atom stereocenters. The molecule has 0 aliphatic heterocycles. The van der Waals surface area contributed by atoms with Crippen LogP contribution in [0, 0.1) is 0 Å². The lowest BCUT2D eigenvalue weighted by Gasteiger charge is -2.26. The summed E-state index contributed by atoms with van der Waals surface area (Å²) in [5, 5.41) is 0. The zero-order valence-corrected chi connectivity index (χ0v) is 9.44. The lowest BCUT2D eigenvalue weighted by molar-refractivity contribution is 0.0524. The first-order chi connectivity index (χ1) is 7.79. The van der Waals surface area contributed by atoms with Gasteiger partial charge >= 0.3 is 5.97 Å². The van der Waals surface area contributed by atoms with Gasteiger partial charge in [0.2, 0.25) is 0 Å². The summed E-state index contributed by atoms with van der Waals surface area (Å²) in [6.07, 6.45) is 3.80. The van der Waals surface area contributed by atoms with E-state index in [-0.39, 0.29) is 5.97 Å². The van der Waals surface area contributed by atoms with E-state index in [9.17, 15) is 4.79 Å². The Balaban J connectivity index is 2.03. The van der Waals surface area contributed by atoms with Gasteiger partial charge in [-0.3, -0.25) is 0 Å². The second-order valence-corrected chi connectivity index (χ2v) is 3.92. The summed E-state index contributed by atoms with van der Waals surface area (Å²) < 4.78 is 10.6. The van der Waals surface area contributed by atoms with Crippen molar-refractivity contribution in [3.8, 4) is 5.75 Å². The van der Waals surface area contributed by atoms with Crippen molar-refractivity contribution in [1.29, 1.82) is 0 Å². The van der Waals surface area contributed by atoms with Crippen LogP contribution >= 0.6 is 0 Å². The van der Waals surface area contributed by atoms with E-state index in [4.69, 9.17) is 9.47 Å². The molecule has 0 N–H and O–H groups in total. The Morgan fingerprint density at radius 2 is 2.25 bits per heavy atom. The van der Waals surface area contributed by atoms with Crippen molar-refractivity contribution < 1.29 is 14.3 Å². The van der Waals surface area contributed by atoms with E-state index in [1.807, 2.05) is 12.1 Å². The molecule has 0 amide bonds. The van der Waals surface area contributed by atoms with Crippen LogP contribution in [0.3, 0.4) is 0 Å². The third-order valence-corrected chi connectivity index (χ3v) is 2.70. The van der Waals surface area contributed by atoms with Gasteiger partial charge in [0.1, 0.15) is 5.75 Å². The van der Waals surface area contributed by atoms with Crippen LogP contribution in [0.2, 0.25) is 0 Å². The largest absolute Gasteiger partial charge is 0.490 e. The minimum absolute atomic E-state index is 0.290. The molecule has 1 aliphatic carbocycles. The molecule has 3 nitrogen and oxygen atoms in total. The average molecular weight is 220 g/mol. The van der Waals surface area contributed by atoms with Crippen LogP contribution in [0.5, 0.6) is 5.75 Å². The van der Waals surface area contributed by atoms with Crippen LogP contribution in [0.1, 0.15) is 36.5 Å². The van der Waals surface area contributed by atoms with E-state index >= 15 is 0 Å². The number of hydrogen-bond acceptors (Lipinski definition) is 3. The van der Waals surface area contributed by atoms with Gasteiger partial charge in [0.15, 0.2) is 0 Å². The molecule has 0 radical (unpaired) electrons. The van der Waals surface area contributed by atoms with Crippen LogP contribution in [0.25, 0.3) is 0 Å². The van der Waals surface area contributed by atoms with Crippen molar-refractivity contribution >= 4 is 5.97 Å². The molecule has 2 rings (SSSR count). The minimum atomic E-state index is -0.290. The topological polar surface area (TPSA) is 35.5 Å². The van der Waals surface area contributed by atoms with Gasteiger partial charge in [0.05, 0.1) is 18.3 Å².